The van der Waals surface area contributed by atoms with Crippen LogP contribution in [0.25, 0.3) is 11.2 Å². The van der Waals surface area contributed by atoms with E-state index in [4.69, 9.17) is 19.5 Å². The number of anilines is 1. The Balaban J connectivity index is 1.40. The number of nitrogens with zero attached hydrogens (tertiary/aromatic N) is 4. The molecule has 0 spiro atoms. The van der Waals surface area contributed by atoms with Crippen LogP contribution in [0.1, 0.15) is 78.4 Å². The number of amides is 2. The van der Waals surface area contributed by atoms with Gasteiger partial charge in [-0.05, 0) is 25.7 Å². The van der Waals surface area contributed by atoms with Gasteiger partial charge in [-0.2, -0.15) is 4.31 Å². The van der Waals surface area contributed by atoms with Gasteiger partial charge in [-0.1, -0.05) is 57.5 Å². The predicted octanol–water partition coefficient (Wildman–Crippen LogP) is 1.33. The van der Waals surface area contributed by atoms with E-state index >= 15 is 0 Å². The number of aliphatic hydroxyl groups is 3. The molecule has 29 heteroatoms. The summed E-state index contributed by atoms with van der Waals surface area (Å²) < 4.78 is 62.2. The van der Waals surface area contributed by atoms with Gasteiger partial charge in [0.2, 0.25) is 11.8 Å². The van der Waals surface area contributed by atoms with Crippen molar-refractivity contribution in [3.05, 3.63) is 24.8 Å². The van der Waals surface area contributed by atoms with Gasteiger partial charge < -0.3 is 56.0 Å². The van der Waals surface area contributed by atoms with Crippen LogP contribution >= 0.6 is 35.2 Å². The maximum absolute atomic E-state index is 12.7. The molecule has 1 fully saturated rings. The second kappa shape index (κ2) is 24.5. The van der Waals surface area contributed by atoms with Crippen LogP contribution in [0, 0.1) is 5.41 Å². The molecule has 62 heavy (non-hydrogen) atoms. The second-order valence-electron chi connectivity index (χ2n) is 14.7. The summed E-state index contributed by atoms with van der Waals surface area (Å²) in [6.07, 6.45) is 1.85. The molecular weight excluding hydrogens is 907 g/mol. The zero-order valence-corrected chi connectivity index (χ0v) is 37.7. The molecule has 0 aromatic carbocycles. The van der Waals surface area contributed by atoms with E-state index in [2.05, 4.69) is 53.5 Å². The number of phosphoric ester groups is 3. The smallest absolute Gasteiger partial charge is 0.393 e. The Morgan fingerprint density at radius 2 is 1.71 bits per heavy atom. The summed E-state index contributed by atoms with van der Waals surface area (Å²) in [6, 6.07) is 0. The van der Waals surface area contributed by atoms with E-state index in [-0.39, 0.29) is 53.8 Å². The maximum Gasteiger partial charge on any atom is 0.481 e. The maximum atomic E-state index is 12.7. The zero-order chi connectivity index (χ0) is 46.3. The van der Waals surface area contributed by atoms with Crippen molar-refractivity contribution in [3.8, 4) is 0 Å². The lowest BCUT2D eigenvalue weighted by Crippen LogP contribution is -2.46. The number of ether oxygens (including phenoxy) is 1. The molecule has 0 aliphatic carbocycles. The SMILES string of the molecule is CCC/C=C/CCCCC(O)CC(=O)SCCNC(=O)CCNC(=O)C(O)C(C)(C)COP(=O)(O)OP(=O)(O)OCC1OC(n2cnc3c(N)ncnc32)C(O)C1OP(=O)(O)O. The Bertz CT molecular complexity index is 1970. The summed E-state index contributed by atoms with van der Waals surface area (Å²) in [7, 11) is -16.4. The molecule has 2 aromatic heterocycles. The molecule has 0 saturated carbocycles. The number of thioether (sulfide) groups is 1. The zero-order valence-electron chi connectivity index (χ0n) is 34.2. The Labute approximate surface area is 361 Å². The number of nitrogen functional groups attached to an aromatic ring is 1. The minimum absolute atomic E-state index is 0.00612. The van der Waals surface area contributed by atoms with Gasteiger partial charge in [0, 0.05) is 37.1 Å². The summed E-state index contributed by atoms with van der Waals surface area (Å²) >= 11 is 0.980. The molecule has 1 aliphatic heterocycles. The molecule has 2 aromatic rings. The van der Waals surface area contributed by atoms with Crippen molar-refractivity contribution >= 4 is 69.1 Å². The Morgan fingerprint density at radius 3 is 2.40 bits per heavy atom. The first-order chi connectivity index (χ1) is 28.9. The number of carbonyl (C=O) groups excluding carboxylic acids is 3. The fourth-order valence-corrected chi connectivity index (χ4v) is 9.26. The Kier molecular flexibility index (Phi) is 21.2. The number of hydrogen-bond donors (Lipinski definition) is 10. The first-order valence-corrected chi connectivity index (χ1v) is 24.8. The van der Waals surface area contributed by atoms with Crippen molar-refractivity contribution in [3.63, 3.8) is 0 Å². The second-order valence-corrected chi connectivity index (χ2v) is 20.1. The number of carbonyl (C=O) groups is 3. The van der Waals surface area contributed by atoms with Gasteiger partial charge in [0.1, 0.15) is 36.3 Å². The van der Waals surface area contributed by atoms with E-state index in [1.165, 1.54) is 13.8 Å². The fraction of sp³-hybridized carbons (Fsp3) is 0.697. The van der Waals surface area contributed by atoms with Crippen LogP contribution in [0.5, 0.6) is 0 Å². The minimum Gasteiger partial charge on any atom is -0.393 e. The highest BCUT2D eigenvalue weighted by Crippen LogP contribution is 2.61. The summed E-state index contributed by atoms with van der Waals surface area (Å²) in [4.78, 5) is 88.0. The quantitative estimate of drug-likeness (QED) is 0.0327. The van der Waals surface area contributed by atoms with Crippen molar-refractivity contribution in [1.29, 1.82) is 0 Å². The Hall–Kier alpha value is -2.74. The van der Waals surface area contributed by atoms with Crippen LogP contribution < -0.4 is 16.4 Å². The van der Waals surface area contributed by atoms with Gasteiger partial charge in [0.05, 0.1) is 25.6 Å². The normalized spacial score (nSPS) is 21.4. The molecule has 3 rings (SSSR count). The molecule has 0 radical (unpaired) electrons. The monoisotopic (exact) mass is 963 g/mol. The van der Waals surface area contributed by atoms with E-state index in [1.54, 1.807) is 0 Å². The van der Waals surface area contributed by atoms with E-state index in [1.807, 2.05) is 0 Å². The molecule has 1 saturated heterocycles. The lowest BCUT2D eigenvalue weighted by atomic mass is 9.87. The van der Waals surface area contributed by atoms with Crippen LogP contribution in [0.15, 0.2) is 24.8 Å². The van der Waals surface area contributed by atoms with Crippen LogP contribution in [0.2, 0.25) is 0 Å². The molecule has 25 nitrogen and oxygen atoms in total. The van der Waals surface area contributed by atoms with Gasteiger partial charge in [0.15, 0.2) is 22.8 Å². The van der Waals surface area contributed by atoms with E-state index in [0.29, 0.717) is 6.42 Å². The lowest BCUT2D eigenvalue weighted by molar-refractivity contribution is -0.137. The summed E-state index contributed by atoms with van der Waals surface area (Å²) in [6.45, 7) is 2.48. The van der Waals surface area contributed by atoms with Crippen molar-refractivity contribution in [2.45, 2.75) is 109 Å². The fourth-order valence-electron chi connectivity index (χ4n) is 5.69. The first kappa shape index (κ1) is 53.6. The number of rotatable bonds is 28. The highest BCUT2D eigenvalue weighted by molar-refractivity contribution is 8.13. The van der Waals surface area contributed by atoms with Gasteiger partial charge in [0.25, 0.3) is 0 Å². The number of imidazole rings is 1. The largest absolute Gasteiger partial charge is 0.481 e. The molecule has 0 bridgehead atoms. The minimum atomic E-state index is -5.58. The van der Waals surface area contributed by atoms with Gasteiger partial charge >= 0.3 is 23.5 Å². The van der Waals surface area contributed by atoms with E-state index < -0.39 is 90.7 Å². The number of aliphatic hydroxyl groups excluding tert-OH is 3. The molecule has 11 N–H and O–H groups in total. The number of phosphoric acid groups is 3. The van der Waals surface area contributed by atoms with Gasteiger partial charge in [-0.15, -0.1) is 0 Å². The van der Waals surface area contributed by atoms with Crippen molar-refractivity contribution in [1.82, 2.24) is 30.2 Å². The number of unbranched alkanes of at least 4 members (excludes halogenated alkanes) is 3. The highest BCUT2D eigenvalue weighted by atomic mass is 32.2. The summed E-state index contributed by atoms with van der Waals surface area (Å²) in [5.74, 6) is -1.24. The number of nitrogens with two attached hydrogens (primary N) is 1. The van der Waals surface area contributed by atoms with Crippen LogP contribution in [-0.2, 0) is 50.7 Å². The molecular formula is C33H56N7O18P3S. The third-order valence-corrected chi connectivity index (χ3v) is 12.9. The lowest BCUT2D eigenvalue weighted by Gasteiger charge is -2.30. The average molecular weight is 964 g/mol. The van der Waals surface area contributed by atoms with Crippen LogP contribution in [-0.4, -0.2) is 134 Å². The number of hydrogen-bond acceptors (Lipinski definition) is 19. The highest BCUT2D eigenvalue weighted by Gasteiger charge is 2.50. The first-order valence-electron chi connectivity index (χ1n) is 19.3. The topological polar surface area (TPSA) is 384 Å². The number of allylic oxidation sites excluding steroid dienone is 2. The molecule has 8 unspecified atom stereocenters. The van der Waals surface area contributed by atoms with Crippen LogP contribution in [0.4, 0.5) is 5.82 Å². The third-order valence-electron chi connectivity index (χ3n) is 8.95. The van der Waals surface area contributed by atoms with Crippen molar-refractivity contribution < 1.29 is 85.6 Å². The molecule has 8 atom stereocenters. The molecule has 1 aliphatic rings. The standard InChI is InChI=1S/C33H56N7O18P3S/c1-4-5-6-7-8-9-10-11-21(41)16-24(43)62-15-14-35-23(42)12-13-36-31(46)28(45)33(2,3)18-55-61(52,53)58-60(50,51)54-17-22-27(57-59(47,48)49)26(44)32(56-22)40-20-39-25-29(34)37-19-38-30(25)40/h6-7,19-22,26-28,32,41,44-45H,4-5,8-18H2,1-3H3,(H,35,42)(H,36,46)(H,50,51)(H,52,53)(H2,34,37,38)(H2,47,48,49)/b7-6+. The molecule has 2 amide bonds. The summed E-state index contributed by atoms with van der Waals surface area (Å²) in [5, 5.41) is 36.3. The third kappa shape index (κ3) is 18.0. The van der Waals surface area contributed by atoms with Crippen LogP contribution in [0.3, 0.4) is 0 Å². The summed E-state index contributed by atoms with van der Waals surface area (Å²) in [5.41, 5.74) is 4.24. The number of aromatic nitrogens is 4. The number of nitrogens with one attached hydrogen (secondary N) is 2. The predicted molar refractivity (Wildman–Crippen MR) is 220 cm³/mol. The van der Waals surface area contributed by atoms with Crippen molar-refractivity contribution in [2.75, 3.05) is 37.8 Å². The Morgan fingerprint density at radius 1 is 1.02 bits per heavy atom. The van der Waals surface area contributed by atoms with E-state index in [0.717, 1.165) is 61.1 Å². The molecule has 352 valence electrons. The van der Waals surface area contributed by atoms with E-state index in [9.17, 15) is 63.0 Å². The molecule has 3 heterocycles. The average Bonchev–Trinajstić information content (AvgIpc) is 3.74. The van der Waals surface area contributed by atoms with Gasteiger partial charge in [-0.3, -0.25) is 32.5 Å². The van der Waals surface area contributed by atoms with Gasteiger partial charge in [-0.25, -0.2) is 28.6 Å². The number of fused-ring (bicyclic) bond motifs is 1. The van der Waals surface area contributed by atoms with Crippen molar-refractivity contribution in [2.24, 2.45) is 5.41 Å².